The van der Waals surface area contributed by atoms with Crippen molar-refractivity contribution in [3.05, 3.63) is 102 Å². The molecule has 0 aliphatic rings. The topological polar surface area (TPSA) is 47.6 Å². The minimum absolute atomic E-state index is 0.339. The molecule has 1 N–H and O–H groups in total. The Hall–Kier alpha value is -3.32. The Morgan fingerprint density at radius 1 is 0.909 bits per heavy atom. The number of halogens is 3. The summed E-state index contributed by atoms with van der Waals surface area (Å²) in [6, 6.07) is 23.2. The summed E-state index contributed by atoms with van der Waals surface area (Å²) in [5, 5.41) is 3.23. The molecule has 33 heavy (non-hydrogen) atoms. The van der Waals surface area contributed by atoms with Crippen LogP contribution in [0.3, 0.4) is 0 Å². The second-order valence-corrected chi connectivity index (χ2v) is 7.55. The van der Waals surface area contributed by atoms with Gasteiger partial charge in [0.1, 0.15) is 17.9 Å². The minimum atomic E-state index is -4.40. The van der Waals surface area contributed by atoms with E-state index in [0.29, 0.717) is 25.1 Å². The number of ether oxygens (including phenoxy) is 2. The number of methoxy groups -OCH3 is 1. The summed E-state index contributed by atoms with van der Waals surface area (Å²) >= 11 is 0. The molecule has 7 heteroatoms. The molecular formula is C26H26F3NO3. The van der Waals surface area contributed by atoms with Crippen molar-refractivity contribution >= 4 is 5.97 Å². The van der Waals surface area contributed by atoms with Crippen molar-refractivity contribution in [2.75, 3.05) is 13.7 Å². The maximum absolute atomic E-state index is 12.9. The van der Waals surface area contributed by atoms with Crippen molar-refractivity contribution in [3.63, 3.8) is 0 Å². The normalized spacial score (nSPS) is 13.2. The van der Waals surface area contributed by atoms with Gasteiger partial charge in [0.25, 0.3) is 0 Å². The van der Waals surface area contributed by atoms with Crippen LogP contribution in [0.1, 0.15) is 29.2 Å². The predicted octanol–water partition coefficient (Wildman–Crippen LogP) is 5.59. The fraction of sp³-hybridized carbons (Fsp3) is 0.269. The molecule has 0 radical (unpaired) electrons. The van der Waals surface area contributed by atoms with Crippen molar-refractivity contribution in [2.45, 2.75) is 31.2 Å². The van der Waals surface area contributed by atoms with Gasteiger partial charge < -0.3 is 14.8 Å². The zero-order valence-electron chi connectivity index (χ0n) is 18.2. The number of benzene rings is 3. The average molecular weight is 457 g/mol. The van der Waals surface area contributed by atoms with E-state index in [4.69, 9.17) is 9.47 Å². The van der Waals surface area contributed by atoms with Crippen molar-refractivity contribution in [1.82, 2.24) is 5.32 Å². The van der Waals surface area contributed by atoms with Crippen molar-refractivity contribution < 1.29 is 27.4 Å². The van der Waals surface area contributed by atoms with Gasteiger partial charge in [0, 0.05) is 6.42 Å². The maximum atomic E-state index is 12.9. The van der Waals surface area contributed by atoms with Gasteiger partial charge in [-0.3, -0.25) is 4.79 Å². The molecule has 0 aliphatic carbocycles. The maximum Gasteiger partial charge on any atom is 0.416 e. The Bertz CT molecular complexity index is 993. The number of alkyl halides is 3. The van der Waals surface area contributed by atoms with Gasteiger partial charge in [-0.05, 0) is 48.4 Å². The number of esters is 1. The van der Waals surface area contributed by atoms with E-state index >= 15 is 0 Å². The van der Waals surface area contributed by atoms with Gasteiger partial charge in [-0.25, -0.2) is 0 Å². The predicted molar refractivity (Wildman–Crippen MR) is 120 cm³/mol. The lowest BCUT2D eigenvalue weighted by molar-refractivity contribution is -0.143. The summed E-state index contributed by atoms with van der Waals surface area (Å²) in [7, 11) is 1.35. The molecule has 3 rings (SSSR count). The van der Waals surface area contributed by atoms with E-state index in [2.05, 4.69) is 5.32 Å². The van der Waals surface area contributed by atoms with Gasteiger partial charge >= 0.3 is 12.1 Å². The number of carbonyl (C=O) groups is 1. The highest BCUT2D eigenvalue weighted by molar-refractivity contribution is 5.76. The van der Waals surface area contributed by atoms with Crippen LogP contribution in [0.25, 0.3) is 0 Å². The van der Waals surface area contributed by atoms with Gasteiger partial charge in [0.05, 0.1) is 12.7 Å². The third-order valence-electron chi connectivity index (χ3n) is 5.20. The zero-order valence-corrected chi connectivity index (χ0v) is 18.2. The second kappa shape index (κ2) is 11.5. The third kappa shape index (κ3) is 7.36. The van der Waals surface area contributed by atoms with E-state index in [-0.39, 0.29) is 5.97 Å². The lowest BCUT2D eigenvalue weighted by Gasteiger charge is -2.22. The fourth-order valence-corrected chi connectivity index (χ4v) is 3.47. The highest BCUT2D eigenvalue weighted by Crippen LogP contribution is 2.31. The molecule has 0 aliphatic heterocycles. The molecule has 0 aromatic heterocycles. The monoisotopic (exact) mass is 457 g/mol. The zero-order chi connectivity index (χ0) is 23.7. The molecule has 3 aromatic carbocycles. The molecular weight excluding hydrogens is 431 g/mol. The molecule has 0 bridgehead atoms. The lowest BCUT2D eigenvalue weighted by Crippen LogP contribution is -2.40. The fourth-order valence-electron chi connectivity index (χ4n) is 3.47. The first kappa shape index (κ1) is 24.3. The van der Waals surface area contributed by atoms with Crippen LogP contribution in [-0.4, -0.2) is 25.7 Å². The molecule has 0 amide bonds. The highest BCUT2D eigenvalue weighted by atomic mass is 19.4. The number of hydrogen-bond donors (Lipinski definition) is 1. The Labute approximate surface area is 191 Å². The smallest absolute Gasteiger partial charge is 0.416 e. The average Bonchev–Trinajstić information content (AvgIpc) is 2.83. The third-order valence-corrected chi connectivity index (χ3v) is 5.20. The summed E-state index contributed by atoms with van der Waals surface area (Å²) in [4.78, 5) is 12.3. The standard InChI is InChI=1S/C26H26F3NO3/c1-32-25(31)23(18-19-8-4-2-5-9-19)30-17-16-24(20-10-6-3-7-11-20)33-22-14-12-21(13-15-22)26(27,28)29/h2-15,23-24,30H,16-18H2,1H3/t23-,24?/m0/s1. The quantitative estimate of drug-likeness (QED) is 0.403. The summed E-state index contributed by atoms with van der Waals surface area (Å²) in [5.41, 5.74) is 1.16. The number of carbonyl (C=O) groups excluding carboxylic acids is 1. The molecule has 0 saturated heterocycles. The van der Waals surface area contributed by atoms with E-state index in [0.717, 1.165) is 23.3 Å². The van der Waals surface area contributed by atoms with E-state index in [1.54, 1.807) is 0 Å². The Kier molecular flexibility index (Phi) is 8.49. The van der Waals surface area contributed by atoms with E-state index in [1.807, 2.05) is 60.7 Å². The van der Waals surface area contributed by atoms with Crippen molar-refractivity contribution in [2.24, 2.45) is 0 Å². The number of hydrogen-bond acceptors (Lipinski definition) is 4. The molecule has 1 unspecified atom stereocenters. The summed E-state index contributed by atoms with van der Waals surface area (Å²) < 4.78 is 49.5. The van der Waals surface area contributed by atoms with Gasteiger partial charge in [0.2, 0.25) is 0 Å². The molecule has 0 spiro atoms. The van der Waals surface area contributed by atoms with Crippen LogP contribution in [0.2, 0.25) is 0 Å². The minimum Gasteiger partial charge on any atom is -0.486 e. The van der Waals surface area contributed by atoms with E-state index in [9.17, 15) is 18.0 Å². The van der Waals surface area contributed by atoms with E-state index < -0.39 is 23.9 Å². The molecule has 2 atom stereocenters. The van der Waals surface area contributed by atoms with E-state index in [1.165, 1.54) is 19.2 Å². The first-order valence-electron chi connectivity index (χ1n) is 10.6. The lowest BCUT2D eigenvalue weighted by atomic mass is 10.0. The molecule has 0 saturated carbocycles. The molecule has 4 nitrogen and oxygen atoms in total. The number of nitrogens with one attached hydrogen (secondary N) is 1. The Morgan fingerprint density at radius 2 is 1.52 bits per heavy atom. The Morgan fingerprint density at radius 3 is 2.09 bits per heavy atom. The summed E-state index contributed by atoms with van der Waals surface area (Å²) in [6.07, 6.45) is -3.84. The molecule has 174 valence electrons. The first-order chi connectivity index (χ1) is 15.9. The van der Waals surface area contributed by atoms with Crippen LogP contribution in [0, 0.1) is 0 Å². The summed E-state index contributed by atoms with van der Waals surface area (Å²) in [6.45, 7) is 0.437. The second-order valence-electron chi connectivity index (χ2n) is 7.55. The van der Waals surface area contributed by atoms with Crippen LogP contribution in [0.15, 0.2) is 84.9 Å². The van der Waals surface area contributed by atoms with Crippen LogP contribution in [0.4, 0.5) is 13.2 Å². The highest BCUT2D eigenvalue weighted by Gasteiger charge is 2.30. The first-order valence-corrected chi connectivity index (χ1v) is 10.6. The van der Waals surface area contributed by atoms with Crippen LogP contribution in [-0.2, 0) is 22.1 Å². The Balaban J connectivity index is 1.68. The van der Waals surface area contributed by atoms with Crippen molar-refractivity contribution in [3.8, 4) is 5.75 Å². The van der Waals surface area contributed by atoms with Gasteiger partial charge in [0.15, 0.2) is 0 Å². The SMILES string of the molecule is COC(=O)[C@H](Cc1ccccc1)NCCC(Oc1ccc(C(F)(F)F)cc1)c1ccccc1. The van der Waals surface area contributed by atoms with Crippen LogP contribution < -0.4 is 10.1 Å². The van der Waals surface area contributed by atoms with Gasteiger partial charge in [-0.1, -0.05) is 60.7 Å². The molecule has 0 heterocycles. The largest absolute Gasteiger partial charge is 0.486 e. The molecule has 0 fully saturated rings. The van der Waals surface area contributed by atoms with Gasteiger partial charge in [-0.15, -0.1) is 0 Å². The summed E-state index contributed by atoms with van der Waals surface area (Å²) in [5.74, 6) is -0.0237. The van der Waals surface area contributed by atoms with Crippen LogP contribution in [0.5, 0.6) is 5.75 Å². The number of rotatable bonds is 10. The van der Waals surface area contributed by atoms with Crippen molar-refractivity contribution in [1.29, 1.82) is 0 Å². The van der Waals surface area contributed by atoms with Crippen LogP contribution >= 0.6 is 0 Å². The van der Waals surface area contributed by atoms with Gasteiger partial charge in [-0.2, -0.15) is 13.2 Å². The molecule has 3 aromatic rings.